The predicted molar refractivity (Wildman–Crippen MR) is 90.3 cm³/mol. The SMILES string of the molecule is CCOC(=O)c1cc(F)cc(Br)c1NC(=O)OCc1ccccc1. The Balaban J connectivity index is 2.13. The van der Waals surface area contributed by atoms with Gasteiger partial charge in [0.2, 0.25) is 0 Å². The first-order valence-electron chi connectivity index (χ1n) is 7.15. The summed E-state index contributed by atoms with van der Waals surface area (Å²) in [4.78, 5) is 23.9. The smallest absolute Gasteiger partial charge is 0.412 e. The number of ether oxygens (including phenoxy) is 2. The summed E-state index contributed by atoms with van der Waals surface area (Å²) >= 11 is 3.12. The summed E-state index contributed by atoms with van der Waals surface area (Å²) in [5.41, 5.74) is 0.810. The van der Waals surface area contributed by atoms with Gasteiger partial charge in [-0.1, -0.05) is 30.3 Å². The zero-order chi connectivity index (χ0) is 17.5. The lowest BCUT2D eigenvalue weighted by atomic mass is 10.1. The lowest BCUT2D eigenvalue weighted by Gasteiger charge is -2.13. The van der Waals surface area contributed by atoms with Gasteiger partial charge in [0.15, 0.2) is 0 Å². The highest BCUT2D eigenvalue weighted by atomic mass is 79.9. The number of rotatable bonds is 5. The maximum Gasteiger partial charge on any atom is 0.412 e. The molecular weight excluding hydrogens is 381 g/mol. The molecule has 1 N–H and O–H groups in total. The van der Waals surface area contributed by atoms with E-state index in [1.165, 1.54) is 0 Å². The van der Waals surface area contributed by atoms with Gasteiger partial charge in [0.05, 0.1) is 17.9 Å². The third-order valence-electron chi connectivity index (χ3n) is 2.99. The van der Waals surface area contributed by atoms with E-state index in [-0.39, 0.29) is 28.9 Å². The van der Waals surface area contributed by atoms with E-state index >= 15 is 0 Å². The summed E-state index contributed by atoms with van der Waals surface area (Å²) in [6.45, 7) is 1.83. The standard InChI is InChI=1S/C17H15BrFNO4/c1-2-23-16(21)13-8-12(19)9-14(18)15(13)20-17(22)24-10-11-6-4-3-5-7-11/h3-9H,2,10H2,1H3,(H,20,22). The van der Waals surface area contributed by atoms with E-state index < -0.39 is 17.9 Å². The van der Waals surface area contributed by atoms with E-state index in [9.17, 15) is 14.0 Å². The molecule has 0 bridgehead atoms. The first-order chi connectivity index (χ1) is 11.5. The van der Waals surface area contributed by atoms with Crippen LogP contribution in [0.1, 0.15) is 22.8 Å². The Hall–Kier alpha value is -2.41. The zero-order valence-corrected chi connectivity index (χ0v) is 14.4. The van der Waals surface area contributed by atoms with Crippen molar-refractivity contribution >= 4 is 33.7 Å². The molecule has 0 saturated carbocycles. The van der Waals surface area contributed by atoms with E-state index in [1.807, 2.05) is 30.3 Å². The molecule has 2 aromatic carbocycles. The number of nitrogens with one attached hydrogen (secondary N) is 1. The number of carbonyl (C=O) groups excluding carboxylic acids is 2. The van der Waals surface area contributed by atoms with Crippen molar-refractivity contribution in [1.82, 2.24) is 0 Å². The average Bonchev–Trinajstić information content (AvgIpc) is 2.56. The average molecular weight is 396 g/mol. The van der Waals surface area contributed by atoms with Gasteiger partial charge in [0, 0.05) is 4.47 Å². The van der Waals surface area contributed by atoms with Crippen LogP contribution in [0.3, 0.4) is 0 Å². The molecular formula is C17H15BrFNO4. The second-order valence-corrected chi connectivity index (χ2v) is 5.57. The van der Waals surface area contributed by atoms with Crippen molar-refractivity contribution in [3.05, 3.63) is 63.9 Å². The number of benzene rings is 2. The highest BCUT2D eigenvalue weighted by molar-refractivity contribution is 9.10. The van der Waals surface area contributed by atoms with E-state index in [4.69, 9.17) is 9.47 Å². The van der Waals surface area contributed by atoms with Gasteiger partial charge in [-0.2, -0.15) is 0 Å². The van der Waals surface area contributed by atoms with Crippen molar-refractivity contribution in [1.29, 1.82) is 0 Å². The summed E-state index contributed by atoms with van der Waals surface area (Å²) in [5.74, 6) is -1.37. The summed E-state index contributed by atoms with van der Waals surface area (Å²) in [5, 5.41) is 2.44. The first-order valence-corrected chi connectivity index (χ1v) is 7.94. The number of halogens is 2. The van der Waals surface area contributed by atoms with Gasteiger partial charge in [0.25, 0.3) is 0 Å². The molecule has 0 atom stereocenters. The second kappa shape index (κ2) is 8.44. The summed E-state index contributed by atoms with van der Waals surface area (Å²) in [6, 6.07) is 11.3. The summed E-state index contributed by atoms with van der Waals surface area (Å²) < 4.78 is 23.7. The molecule has 0 heterocycles. The van der Waals surface area contributed by atoms with Crippen molar-refractivity contribution < 1.29 is 23.5 Å². The minimum Gasteiger partial charge on any atom is -0.462 e. The van der Waals surface area contributed by atoms with Gasteiger partial charge in [0.1, 0.15) is 12.4 Å². The molecule has 0 aromatic heterocycles. The van der Waals surface area contributed by atoms with Gasteiger partial charge in [-0.3, -0.25) is 5.32 Å². The van der Waals surface area contributed by atoms with Crippen molar-refractivity contribution in [2.75, 3.05) is 11.9 Å². The third kappa shape index (κ3) is 4.79. The lowest BCUT2D eigenvalue weighted by molar-refractivity contribution is 0.0527. The van der Waals surface area contributed by atoms with Gasteiger partial charge in [-0.05, 0) is 40.5 Å². The minimum atomic E-state index is -0.767. The number of esters is 1. The summed E-state index contributed by atoms with van der Waals surface area (Å²) in [6.07, 6.45) is -0.767. The van der Waals surface area contributed by atoms with Crippen LogP contribution >= 0.6 is 15.9 Å². The van der Waals surface area contributed by atoms with Crippen LogP contribution < -0.4 is 5.32 Å². The van der Waals surface area contributed by atoms with Crippen molar-refractivity contribution in [2.45, 2.75) is 13.5 Å². The quantitative estimate of drug-likeness (QED) is 0.756. The third-order valence-corrected chi connectivity index (χ3v) is 3.62. The normalized spacial score (nSPS) is 10.1. The number of hydrogen-bond acceptors (Lipinski definition) is 4. The zero-order valence-electron chi connectivity index (χ0n) is 12.8. The lowest BCUT2D eigenvalue weighted by Crippen LogP contribution is -2.17. The largest absolute Gasteiger partial charge is 0.462 e. The minimum absolute atomic E-state index is 0.0697. The van der Waals surface area contributed by atoms with Crippen LogP contribution in [0.4, 0.5) is 14.9 Å². The fourth-order valence-electron chi connectivity index (χ4n) is 1.93. The molecule has 0 aliphatic rings. The summed E-state index contributed by atoms with van der Waals surface area (Å²) in [7, 11) is 0. The fourth-order valence-corrected chi connectivity index (χ4v) is 2.46. The maximum absolute atomic E-state index is 13.5. The highest BCUT2D eigenvalue weighted by Crippen LogP contribution is 2.29. The Morgan fingerprint density at radius 2 is 1.88 bits per heavy atom. The fraction of sp³-hybridized carbons (Fsp3) is 0.176. The van der Waals surface area contributed by atoms with Crippen LogP contribution in [-0.2, 0) is 16.1 Å². The van der Waals surface area contributed by atoms with Gasteiger partial charge < -0.3 is 9.47 Å². The maximum atomic E-state index is 13.5. The molecule has 24 heavy (non-hydrogen) atoms. The van der Waals surface area contributed by atoms with Gasteiger partial charge >= 0.3 is 12.1 Å². The van der Waals surface area contributed by atoms with Crippen molar-refractivity contribution in [2.24, 2.45) is 0 Å². The Kier molecular flexibility index (Phi) is 6.31. The molecule has 5 nitrogen and oxygen atoms in total. The molecule has 0 radical (unpaired) electrons. The monoisotopic (exact) mass is 395 g/mol. The first kappa shape index (κ1) is 17.9. The number of anilines is 1. The van der Waals surface area contributed by atoms with E-state index in [0.717, 1.165) is 17.7 Å². The predicted octanol–water partition coefficient (Wildman–Crippen LogP) is 4.51. The van der Waals surface area contributed by atoms with E-state index in [1.54, 1.807) is 6.92 Å². The molecule has 0 aliphatic carbocycles. The molecule has 126 valence electrons. The number of carbonyl (C=O) groups is 2. The van der Waals surface area contributed by atoms with Crippen LogP contribution in [-0.4, -0.2) is 18.7 Å². The number of amides is 1. The van der Waals surface area contributed by atoms with Crippen LogP contribution in [0.15, 0.2) is 46.9 Å². The molecule has 2 aromatic rings. The van der Waals surface area contributed by atoms with E-state index in [0.29, 0.717) is 0 Å². The Morgan fingerprint density at radius 3 is 2.54 bits per heavy atom. The molecule has 0 saturated heterocycles. The Bertz CT molecular complexity index is 737. The van der Waals surface area contributed by atoms with Crippen molar-refractivity contribution in [3.63, 3.8) is 0 Å². The second-order valence-electron chi connectivity index (χ2n) is 4.72. The van der Waals surface area contributed by atoms with Crippen molar-refractivity contribution in [3.8, 4) is 0 Å². The molecule has 0 spiro atoms. The Morgan fingerprint density at radius 1 is 1.17 bits per heavy atom. The number of hydrogen-bond donors (Lipinski definition) is 1. The molecule has 0 aliphatic heterocycles. The van der Waals surface area contributed by atoms with Crippen LogP contribution in [0, 0.1) is 5.82 Å². The molecule has 0 fully saturated rings. The van der Waals surface area contributed by atoms with E-state index in [2.05, 4.69) is 21.2 Å². The molecule has 2 rings (SSSR count). The van der Waals surface area contributed by atoms with Crippen LogP contribution in [0.25, 0.3) is 0 Å². The van der Waals surface area contributed by atoms with Gasteiger partial charge in [-0.25, -0.2) is 14.0 Å². The Labute approximate surface area is 146 Å². The molecule has 1 amide bonds. The molecule has 0 unspecified atom stereocenters. The van der Waals surface area contributed by atoms with Gasteiger partial charge in [-0.15, -0.1) is 0 Å². The van der Waals surface area contributed by atoms with Crippen LogP contribution in [0.2, 0.25) is 0 Å². The van der Waals surface area contributed by atoms with Crippen LogP contribution in [0.5, 0.6) is 0 Å². The highest BCUT2D eigenvalue weighted by Gasteiger charge is 2.19. The topological polar surface area (TPSA) is 64.6 Å². The molecule has 7 heteroatoms.